The molecule has 1 aromatic carbocycles. The van der Waals surface area contributed by atoms with Crippen LogP contribution >= 0.6 is 11.8 Å². The number of nitrogens with two attached hydrogens (primary N) is 1. The smallest absolute Gasteiger partial charge is 0.0625 e. The van der Waals surface area contributed by atoms with Crippen molar-refractivity contribution in [2.75, 3.05) is 25.1 Å². The van der Waals surface area contributed by atoms with Crippen molar-refractivity contribution >= 4 is 11.8 Å². The molecule has 0 saturated carbocycles. The number of benzene rings is 1. The fraction of sp³-hybridized carbons (Fsp3) is 0.571. The molecule has 0 radical (unpaired) electrons. The van der Waals surface area contributed by atoms with Crippen molar-refractivity contribution in [3.63, 3.8) is 0 Å². The predicted molar refractivity (Wildman–Crippen MR) is 79.7 cm³/mol. The zero-order valence-electron chi connectivity index (χ0n) is 11.4. The summed E-state index contributed by atoms with van der Waals surface area (Å²) in [5, 5.41) is 0. The number of hydrogen-bond donors (Lipinski definition) is 2. The van der Waals surface area contributed by atoms with Crippen molar-refractivity contribution in [1.29, 1.82) is 0 Å². The molecular formula is C14H23N3S. The van der Waals surface area contributed by atoms with Gasteiger partial charge in [-0.2, -0.15) is 11.8 Å². The molecule has 18 heavy (non-hydrogen) atoms. The Morgan fingerprint density at radius 1 is 1.44 bits per heavy atom. The first-order valence-electron chi connectivity index (χ1n) is 6.44. The summed E-state index contributed by atoms with van der Waals surface area (Å²) in [6.45, 7) is 5.44. The Hall–Kier alpha value is -0.550. The molecule has 1 heterocycles. The summed E-state index contributed by atoms with van der Waals surface area (Å²) >= 11 is 2.02. The number of rotatable bonds is 3. The maximum atomic E-state index is 5.82. The van der Waals surface area contributed by atoms with Gasteiger partial charge in [-0.3, -0.25) is 16.2 Å². The zero-order chi connectivity index (χ0) is 13.1. The van der Waals surface area contributed by atoms with Crippen LogP contribution < -0.4 is 11.3 Å². The van der Waals surface area contributed by atoms with Crippen LogP contribution in [-0.2, 0) is 0 Å². The topological polar surface area (TPSA) is 41.3 Å². The monoisotopic (exact) mass is 265 g/mol. The molecule has 1 saturated heterocycles. The van der Waals surface area contributed by atoms with Gasteiger partial charge < -0.3 is 0 Å². The third-order valence-electron chi connectivity index (χ3n) is 3.77. The molecule has 100 valence electrons. The van der Waals surface area contributed by atoms with Crippen LogP contribution in [0.3, 0.4) is 0 Å². The fourth-order valence-corrected chi connectivity index (χ4v) is 3.91. The summed E-state index contributed by atoms with van der Waals surface area (Å²) in [6, 6.07) is 7.29. The molecule has 0 bridgehead atoms. The quantitative estimate of drug-likeness (QED) is 0.646. The number of nitrogens with one attached hydrogen (secondary N) is 1. The number of aryl methyl sites for hydroxylation is 2. The Labute approximate surface area is 114 Å². The van der Waals surface area contributed by atoms with Crippen LogP contribution in [0.4, 0.5) is 0 Å². The van der Waals surface area contributed by atoms with Gasteiger partial charge in [0, 0.05) is 24.1 Å². The first-order chi connectivity index (χ1) is 8.63. The Bertz CT molecular complexity index is 408. The van der Waals surface area contributed by atoms with E-state index in [1.807, 2.05) is 11.8 Å². The molecule has 1 fully saturated rings. The minimum atomic E-state index is 0.211. The van der Waals surface area contributed by atoms with E-state index in [0.717, 1.165) is 12.3 Å². The molecule has 0 spiro atoms. The highest BCUT2D eigenvalue weighted by Gasteiger charge is 2.29. The average molecular weight is 265 g/mol. The van der Waals surface area contributed by atoms with Crippen molar-refractivity contribution in [2.45, 2.75) is 25.9 Å². The van der Waals surface area contributed by atoms with Crippen LogP contribution in [0.25, 0.3) is 0 Å². The molecule has 1 aliphatic rings. The summed E-state index contributed by atoms with van der Waals surface area (Å²) in [5.74, 6) is 8.18. The van der Waals surface area contributed by atoms with Crippen LogP contribution in [0.1, 0.15) is 22.7 Å². The van der Waals surface area contributed by atoms with E-state index in [2.05, 4.69) is 49.4 Å². The molecule has 0 aliphatic carbocycles. The third-order valence-corrected chi connectivity index (χ3v) is 4.82. The summed E-state index contributed by atoms with van der Waals surface area (Å²) in [7, 11) is 2.19. The van der Waals surface area contributed by atoms with Gasteiger partial charge in [-0.15, -0.1) is 0 Å². The van der Waals surface area contributed by atoms with E-state index in [0.29, 0.717) is 6.04 Å². The molecule has 3 nitrogen and oxygen atoms in total. The van der Waals surface area contributed by atoms with Crippen molar-refractivity contribution < 1.29 is 0 Å². The lowest BCUT2D eigenvalue weighted by Crippen LogP contribution is -2.49. The van der Waals surface area contributed by atoms with Gasteiger partial charge in [0.05, 0.1) is 6.04 Å². The van der Waals surface area contributed by atoms with Gasteiger partial charge in [0.2, 0.25) is 0 Å². The SMILES string of the molecule is Cc1ccc(C(NN)C2CSCCN2C)c(C)c1. The predicted octanol–water partition coefficient (Wildman–Crippen LogP) is 1.86. The van der Waals surface area contributed by atoms with Crippen molar-refractivity contribution in [3.05, 3.63) is 34.9 Å². The minimum absolute atomic E-state index is 0.211. The summed E-state index contributed by atoms with van der Waals surface area (Å²) in [5.41, 5.74) is 6.97. The highest BCUT2D eigenvalue weighted by molar-refractivity contribution is 7.99. The zero-order valence-corrected chi connectivity index (χ0v) is 12.3. The number of hydrazine groups is 1. The number of hydrogen-bond acceptors (Lipinski definition) is 4. The van der Waals surface area contributed by atoms with Crippen molar-refractivity contribution in [3.8, 4) is 0 Å². The van der Waals surface area contributed by atoms with Gasteiger partial charge >= 0.3 is 0 Å². The minimum Gasteiger partial charge on any atom is -0.300 e. The summed E-state index contributed by atoms with van der Waals surface area (Å²) in [4.78, 5) is 2.42. The fourth-order valence-electron chi connectivity index (χ4n) is 2.64. The largest absolute Gasteiger partial charge is 0.300 e. The Balaban J connectivity index is 2.26. The van der Waals surface area contributed by atoms with E-state index in [-0.39, 0.29) is 6.04 Å². The highest BCUT2D eigenvalue weighted by Crippen LogP contribution is 2.28. The normalized spacial score (nSPS) is 23.0. The van der Waals surface area contributed by atoms with E-state index in [1.54, 1.807) is 0 Å². The lowest BCUT2D eigenvalue weighted by atomic mass is 9.94. The van der Waals surface area contributed by atoms with Gasteiger partial charge in [0.25, 0.3) is 0 Å². The first-order valence-corrected chi connectivity index (χ1v) is 7.60. The maximum absolute atomic E-state index is 5.82. The average Bonchev–Trinajstić information content (AvgIpc) is 2.34. The second-order valence-corrected chi connectivity index (χ2v) is 6.28. The summed E-state index contributed by atoms with van der Waals surface area (Å²) in [6.07, 6.45) is 0. The number of nitrogens with zero attached hydrogens (tertiary/aromatic N) is 1. The molecule has 1 aliphatic heterocycles. The molecule has 1 aromatic rings. The molecule has 2 unspecified atom stereocenters. The van der Waals surface area contributed by atoms with E-state index < -0.39 is 0 Å². The molecule has 2 atom stereocenters. The van der Waals surface area contributed by atoms with Crippen LogP contribution in [-0.4, -0.2) is 36.0 Å². The molecule has 3 N–H and O–H groups in total. The van der Waals surface area contributed by atoms with Crippen LogP contribution in [0.15, 0.2) is 18.2 Å². The van der Waals surface area contributed by atoms with Gasteiger partial charge in [-0.25, -0.2) is 0 Å². The standard InChI is InChI=1S/C14H23N3S/c1-10-4-5-12(11(2)8-10)14(16-15)13-9-18-7-6-17(13)3/h4-5,8,13-14,16H,6-7,9,15H2,1-3H3. The third kappa shape index (κ3) is 2.88. The second kappa shape index (κ2) is 6.06. The molecule has 0 amide bonds. The molecule has 0 aromatic heterocycles. The first kappa shape index (κ1) is 13.9. The highest BCUT2D eigenvalue weighted by atomic mass is 32.2. The molecule has 2 rings (SSSR count). The number of thioether (sulfide) groups is 1. The van der Waals surface area contributed by atoms with E-state index in [9.17, 15) is 0 Å². The van der Waals surface area contributed by atoms with Gasteiger partial charge in [-0.1, -0.05) is 23.8 Å². The Kier molecular flexibility index (Phi) is 4.67. The Morgan fingerprint density at radius 2 is 2.22 bits per heavy atom. The lowest BCUT2D eigenvalue weighted by Gasteiger charge is -2.38. The summed E-state index contributed by atoms with van der Waals surface area (Å²) < 4.78 is 0. The number of likely N-dealkylation sites (N-methyl/N-ethyl adjacent to an activating group) is 1. The van der Waals surface area contributed by atoms with Crippen molar-refractivity contribution in [2.24, 2.45) is 5.84 Å². The lowest BCUT2D eigenvalue weighted by molar-refractivity contribution is 0.216. The van der Waals surface area contributed by atoms with Crippen LogP contribution in [0, 0.1) is 13.8 Å². The van der Waals surface area contributed by atoms with E-state index in [1.165, 1.54) is 22.4 Å². The van der Waals surface area contributed by atoms with E-state index >= 15 is 0 Å². The maximum Gasteiger partial charge on any atom is 0.0625 e. The van der Waals surface area contributed by atoms with Crippen molar-refractivity contribution in [1.82, 2.24) is 10.3 Å². The molecular weight excluding hydrogens is 242 g/mol. The van der Waals surface area contributed by atoms with E-state index in [4.69, 9.17) is 5.84 Å². The Morgan fingerprint density at radius 3 is 2.83 bits per heavy atom. The van der Waals surface area contributed by atoms with Gasteiger partial charge in [0.1, 0.15) is 0 Å². The molecule has 4 heteroatoms. The second-order valence-electron chi connectivity index (χ2n) is 5.13. The van der Waals surface area contributed by atoms with Crippen LogP contribution in [0.2, 0.25) is 0 Å². The van der Waals surface area contributed by atoms with Gasteiger partial charge in [-0.05, 0) is 32.0 Å². The van der Waals surface area contributed by atoms with Crippen LogP contribution in [0.5, 0.6) is 0 Å². The van der Waals surface area contributed by atoms with Gasteiger partial charge in [0.15, 0.2) is 0 Å².